The van der Waals surface area contributed by atoms with Crippen molar-refractivity contribution >= 4 is 28.5 Å². The number of hydrogen-bond donors (Lipinski definition) is 1. The summed E-state index contributed by atoms with van der Waals surface area (Å²) in [6.45, 7) is 9.81. The van der Waals surface area contributed by atoms with Gasteiger partial charge in [-0.05, 0) is 72.5 Å². The van der Waals surface area contributed by atoms with Gasteiger partial charge in [-0.3, -0.25) is 9.98 Å². The van der Waals surface area contributed by atoms with Crippen molar-refractivity contribution < 1.29 is 14.2 Å². The Morgan fingerprint density at radius 1 is 0.878 bits per heavy atom. The van der Waals surface area contributed by atoms with Gasteiger partial charge in [-0.2, -0.15) is 0 Å². The number of pyridine rings is 1. The van der Waals surface area contributed by atoms with Crippen LogP contribution in [-0.4, -0.2) is 36.4 Å². The first-order valence-corrected chi connectivity index (χ1v) is 13.7. The van der Waals surface area contributed by atoms with Crippen LogP contribution in [0.15, 0.2) is 102 Å². The third-order valence-electron chi connectivity index (χ3n) is 6.85. The molecule has 1 aromatic heterocycles. The van der Waals surface area contributed by atoms with Crippen LogP contribution >= 0.6 is 0 Å². The molecule has 0 saturated carbocycles. The van der Waals surface area contributed by atoms with Crippen LogP contribution in [0.4, 0.5) is 11.4 Å². The molecule has 0 unspecified atom stereocenters. The molecule has 0 amide bonds. The normalized spacial score (nSPS) is 13.1. The predicted molar refractivity (Wildman–Crippen MR) is 167 cm³/mol. The van der Waals surface area contributed by atoms with Crippen LogP contribution in [-0.2, 0) is 5.41 Å². The highest BCUT2D eigenvalue weighted by atomic mass is 16.5. The van der Waals surface area contributed by atoms with Crippen LogP contribution in [0.3, 0.4) is 0 Å². The van der Waals surface area contributed by atoms with E-state index in [1.54, 1.807) is 19.5 Å². The highest BCUT2D eigenvalue weighted by Gasteiger charge is 2.14. The molecule has 41 heavy (non-hydrogen) atoms. The number of benzene rings is 3. The van der Waals surface area contributed by atoms with E-state index in [4.69, 9.17) is 14.2 Å². The Morgan fingerprint density at radius 2 is 1.61 bits per heavy atom. The molecule has 0 bridgehead atoms. The van der Waals surface area contributed by atoms with E-state index in [0.29, 0.717) is 30.4 Å². The number of anilines is 2. The number of nitrogens with zero attached hydrogens (tertiary/aromatic N) is 3. The van der Waals surface area contributed by atoms with Crippen LogP contribution in [0, 0.1) is 0 Å². The molecule has 0 radical (unpaired) electrons. The summed E-state index contributed by atoms with van der Waals surface area (Å²) in [5.74, 6) is 2.67. The molecule has 210 valence electrons. The molecule has 3 aromatic carbocycles. The van der Waals surface area contributed by atoms with Crippen LogP contribution in [0.25, 0.3) is 10.9 Å². The zero-order chi connectivity index (χ0) is 28.8. The molecule has 0 aliphatic carbocycles. The predicted octanol–water partition coefficient (Wildman–Crippen LogP) is 8.22. The van der Waals surface area contributed by atoms with Crippen molar-refractivity contribution in [2.24, 2.45) is 4.99 Å². The molecule has 5 rings (SSSR count). The van der Waals surface area contributed by atoms with Gasteiger partial charge in [-0.15, -0.1) is 0 Å². The molecular formula is C34H36N4O3. The fourth-order valence-corrected chi connectivity index (χ4v) is 4.48. The third kappa shape index (κ3) is 6.87. The molecule has 7 nitrogen and oxygen atoms in total. The second-order valence-corrected chi connectivity index (χ2v) is 10.9. The van der Waals surface area contributed by atoms with E-state index in [2.05, 4.69) is 65.2 Å². The number of fused-ring (bicyclic) bond motifs is 1. The lowest BCUT2D eigenvalue weighted by Crippen LogP contribution is -2.21. The number of rotatable bonds is 9. The minimum absolute atomic E-state index is 0.130. The Balaban J connectivity index is 1.27. The smallest absolute Gasteiger partial charge is 0.163 e. The Kier molecular flexibility index (Phi) is 8.24. The topological polar surface area (TPSA) is 68.2 Å². The van der Waals surface area contributed by atoms with Crippen molar-refractivity contribution in [2.75, 3.05) is 25.6 Å². The van der Waals surface area contributed by atoms with Gasteiger partial charge < -0.3 is 24.4 Å². The highest BCUT2D eigenvalue weighted by molar-refractivity contribution is 5.88. The van der Waals surface area contributed by atoms with Gasteiger partial charge in [-0.1, -0.05) is 32.9 Å². The molecule has 0 spiro atoms. The lowest BCUT2D eigenvalue weighted by molar-refractivity contribution is 0.264. The van der Waals surface area contributed by atoms with Crippen molar-refractivity contribution in [2.45, 2.75) is 33.1 Å². The minimum atomic E-state index is 0.130. The van der Waals surface area contributed by atoms with Crippen LogP contribution in [0.2, 0.25) is 0 Å². The SMILES string of the molecule is COc1cc2c(Oc3ccc(Nc4ccc(C(C)(C)C)cc4)cc3)ccnc2cc1OCCN1C=CC=NC=C1C. The Labute approximate surface area is 241 Å². The minimum Gasteiger partial charge on any atom is -0.493 e. The van der Waals surface area contributed by atoms with Gasteiger partial charge in [0.2, 0.25) is 0 Å². The Bertz CT molecular complexity index is 1580. The average Bonchev–Trinajstić information content (AvgIpc) is 3.17. The second-order valence-electron chi connectivity index (χ2n) is 10.9. The summed E-state index contributed by atoms with van der Waals surface area (Å²) in [5.41, 5.74) is 5.27. The zero-order valence-electron chi connectivity index (χ0n) is 24.2. The van der Waals surface area contributed by atoms with Gasteiger partial charge in [0.05, 0.1) is 19.2 Å². The summed E-state index contributed by atoms with van der Waals surface area (Å²) in [6.07, 6.45) is 9.23. The summed E-state index contributed by atoms with van der Waals surface area (Å²) in [7, 11) is 1.63. The van der Waals surface area contributed by atoms with Crippen molar-refractivity contribution in [3.05, 3.63) is 103 Å². The molecule has 1 aliphatic rings. The first-order chi connectivity index (χ1) is 19.8. The van der Waals surface area contributed by atoms with Crippen molar-refractivity contribution in [1.29, 1.82) is 0 Å². The number of allylic oxidation sites excluding steroid dienone is 2. The lowest BCUT2D eigenvalue weighted by Gasteiger charge is -2.20. The van der Waals surface area contributed by atoms with Crippen molar-refractivity contribution in [3.63, 3.8) is 0 Å². The molecule has 4 aromatic rings. The van der Waals surface area contributed by atoms with E-state index in [0.717, 1.165) is 33.7 Å². The van der Waals surface area contributed by atoms with Gasteiger partial charge in [0, 0.05) is 53.3 Å². The number of ether oxygens (including phenoxy) is 3. The molecular weight excluding hydrogens is 512 g/mol. The standard InChI is InChI=1S/C34H36N4O3/c1-24-23-35-16-6-18-38(24)19-20-40-33-22-30-29(21-32(33)39-5)31(15-17-36-30)41-28-13-11-27(12-14-28)37-26-9-7-25(8-10-26)34(2,3)4/h6-18,21-23,37H,19-20H2,1-5H3. The average molecular weight is 549 g/mol. The summed E-state index contributed by atoms with van der Waals surface area (Å²) >= 11 is 0. The van der Waals surface area contributed by atoms with Gasteiger partial charge in [0.25, 0.3) is 0 Å². The fraction of sp³-hybridized carbons (Fsp3) is 0.235. The number of hydrogen-bond acceptors (Lipinski definition) is 7. The summed E-state index contributed by atoms with van der Waals surface area (Å²) in [5, 5.41) is 4.29. The molecule has 2 heterocycles. The van der Waals surface area contributed by atoms with Gasteiger partial charge in [-0.25, -0.2) is 0 Å². The maximum absolute atomic E-state index is 6.28. The van der Waals surface area contributed by atoms with E-state index in [-0.39, 0.29) is 5.41 Å². The number of nitrogens with one attached hydrogen (secondary N) is 1. The zero-order valence-corrected chi connectivity index (χ0v) is 24.2. The van der Waals surface area contributed by atoms with Crippen LogP contribution in [0.1, 0.15) is 33.3 Å². The van der Waals surface area contributed by atoms with Gasteiger partial charge >= 0.3 is 0 Å². The van der Waals surface area contributed by atoms with Crippen LogP contribution in [0.5, 0.6) is 23.0 Å². The summed E-state index contributed by atoms with van der Waals surface area (Å²) in [4.78, 5) is 10.8. The summed E-state index contributed by atoms with van der Waals surface area (Å²) in [6, 6.07) is 22.1. The third-order valence-corrected chi connectivity index (χ3v) is 6.85. The van der Waals surface area contributed by atoms with E-state index in [9.17, 15) is 0 Å². The Hall–Kier alpha value is -4.78. The molecule has 0 atom stereocenters. The van der Waals surface area contributed by atoms with E-state index >= 15 is 0 Å². The fourth-order valence-electron chi connectivity index (χ4n) is 4.48. The molecule has 0 saturated heterocycles. The summed E-state index contributed by atoms with van der Waals surface area (Å²) < 4.78 is 18.1. The van der Waals surface area contributed by atoms with Crippen LogP contribution < -0.4 is 19.5 Å². The van der Waals surface area contributed by atoms with Crippen molar-refractivity contribution in [1.82, 2.24) is 9.88 Å². The van der Waals surface area contributed by atoms with Gasteiger partial charge in [0.15, 0.2) is 11.5 Å². The van der Waals surface area contributed by atoms with E-state index in [1.165, 1.54) is 5.56 Å². The van der Waals surface area contributed by atoms with E-state index < -0.39 is 0 Å². The maximum Gasteiger partial charge on any atom is 0.163 e. The number of aromatic nitrogens is 1. The molecule has 1 aliphatic heterocycles. The quantitative estimate of drug-likeness (QED) is 0.227. The monoisotopic (exact) mass is 548 g/mol. The Morgan fingerprint density at radius 3 is 2.32 bits per heavy atom. The maximum atomic E-state index is 6.28. The molecule has 7 heteroatoms. The van der Waals surface area contributed by atoms with E-state index in [1.807, 2.05) is 67.9 Å². The first-order valence-electron chi connectivity index (χ1n) is 13.7. The second kappa shape index (κ2) is 12.2. The van der Waals surface area contributed by atoms with Gasteiger partial charge in [0.1, 0.15) is 18.1 Å². The van der Waals surface area contributed by atoms with Crippen molar-refractivity contribution in [3.8, 4) is 23.0 Å². The number of aliphatic imine (C=N–C) groups is 1. The lowest BCUT2D eigenvalue weighted by atomic mass is 9.87. The number of methoxy groups -OCH3 is 1. The first kappa shape index (κ1) is 27.8. The molecule has 0 fully saturated rings. The molecule has 1 N–H and O–H groups in total. The highest BCUT2D eigenvalue weighted by Crippen LogP contribution is 2.37. The largest absolute Gasteiger partial charge is 0.493 e.